The van der Waals surface area contributed by atoms with Gasteiger partial charge in [-0.1, -0.05) is 36.9 Å². The quantitative estimate of drug-likeness (QED) is 0.635. The first-order chi connectivity index (χ1) is 10.7. The molecule has 0 aromatic heterocycles. The minimum Gasteiger partial charge on any atom is -0.466 e. The summed E-state index contributed by atoms with van der Waals surface area (Å²) < 4.78 is 11.1. The van der Waals surface area contributed by atoms with Gasteiger partial charge in [0.1, 0.15) is 11.5 Å². The number of ether oxygens (including phenoxy) is 2. The maximum absolute atomic E-state index is 12.1. The zero-order chi connectivity index (χ0) is 15.5. The molecule has 1 unspecified atom stereocenters. The highest BCUT2D eigenvalue weighted by atomic mass is 32.2. The van der Waals surface area contributed by atoms with Gasteiger partial charge in [-0.3, -0.25) is 4.79 Å². The third-order valence-electron chi connectivity index (χ3n) is 3.64. The van der Waals surface area contributed by atoms with E-state index in [1.54, 1.807) is 11.8 Å². The Balaban J connectivity index is 1.90. The molecule has 0 fully saturated rings. The van der Waals surface area contributed by atoms with E-state index in [1.807, 2.05) is 56.3 Å². The summed E-state index contributed by atoms with van der Waals surface area (Å²) in [7, 11) is 0. The lowest BCUT2D eigenvalue weighted by Crippen LogP contribution is -2.15. The highest BCUT2D eigenvalue weighted by molar-refractivity contribution is 7.99. The van der Waals surface area contributed by atoms with Gasteiger partial charge in [0.2, 0.25) is 0 Å². The van der Waals surface area contributed by atoms with Crippen LogP contribution in [0.15, 0.2) is 52.3 Å². The van der Waals surface area contributed by atoms with Crippen molar-refractivity contribution in [3.63, 3.8) is 0 Å². The Morgan fingerprint density at radius 3 is 2.68 bits per heavy atom. The third-order valence-corrected chi connectivity index (χ3v) is 4.73. The van der Waals surface area contributed by atoms with Crippen LogP contribution < -0.4 is 4.74 Å². The molecule has 0 radical (unpaired) electrons. The van der Waals surface area contributed by atoms with Gasteiger partial charge in [0.15, 0.2) is 0 Å². The van der Waals surface area contributed by atoms with Gasteiger partial charge in [0.05, 0.1) is 22.3 Å². The largest absolute Gasteiger partial charge is 0.466 e. The van der Waals surface area contributed by atoms with Crippen molar-refractivity contribution < 1.29 is 14.3 Å². The summed E-state index contributed by atoms with van der Waals surface area (Å²) in [6.07, 6.45) is 0.722. The van der Waals surface area contributed by atoms with Crippen LogP contribution in [0.4, 0.5) is 0 Å². The van der Waals surface area contributed by atoms with Crippen molar-refractivity contribution in [1.29, 1.82) is 0 Å². The maximum atomic E-state index is 12.1. The van der Waals surface area contributed by atoms with Crippen molar-refractivity contribution in [2.75, 3.05) is 6.61 Å². The predicted molar refractivity (Wildman–Crippen MR) is 86.7 cm³/mol. The number of carbonyl (C=O) groups excluding carboxylic acids is 1. The van der Waals surface area contributed by atoms with Crippen molar-refractivity contribution in [2.24, 2.45) is 0 Å². The van der Waals surface area contributed by atoms with Crippen LogP contribution in [-0.4, -0.2) is 12.6 Å². The molecule has 22 heavy (non-hydrogen) atoms. The van der Waals surface area contributed by atoms with Gasteiger partial charge in [-0.25, -0.2) is 0 Å². The lowest BCUT2D eigenvalue weighted by molar-refractivity contribution is -0.145. The number of rotatable bonds is 4. The molecule has 4 heteroatoms. The Morgan fingerprint density at radius 2 is 1.91 bits per heavy atom. The molecule has 0 saturated carbocycles. The van der Waals surface area contributed by atoms with E-state index in [4.69, 9.17) is 9.47 Å². The number of fused-ring (bicyclic) bond motifs is 2. The zero-order valence-corrected chi connectivity index (χ0v) is 13.5. The molecule has 1 aliphatic rings. The molecule has 114 valence electrons. The molecule has 3 rings (SSSR count). The molecule has 2 aromatic rings. The molecule has 3 nitrogen and oxygen atoms in total. The number of esters is 1. The smallest absolute Gasteiger partial charge is 0.313 e. The normalized spacial score (nSPS) is 13.5. The van der Waals surface area contributed by atoms with Crippen molar-refractivity contribution in [1.82, 2.24) is 0 Å². The molecule has 0 spiro atoms. The van der Waals surface area contributed by atoms with Crippen LogP contribution in [0.5, 0.6) is 11.5 Å². The summed E-state index contributed by atoms with van der Waals surface area (Å²) in [5.41, 5.74) is 0.982. The van der Waals surface area contributed by atoms with E-state index in [2.05, 4.69) is 0 Å². The SMILES string of the molecule is CCOC(=O)C(CC)c1ccc2c(c1)Sc1ccccc1O2. The summed E-state index contributed by atoms with van der Waals surface area (Å²) in [5, 5.41) is 0. The second kappa shape index (κ2) is 6.44. The molecule has 1 heterocycles. The molecular weight excluding hydrogens is 296 g/mol. The Bertz CT molecular complexity index is 696. The fraction of sp³-hybridized carbons (Fsp3) is 0.278. The van der Waals surface area contributed by atoms with Crippen LogP contribution in [0.3, 0.4) is 0 Å². The van der Waals surface area contributed by atoms with E-state index in [0.717, 1.165) is 33.3 Å². The number of hydrogen-bond donors (Lipinski definition) is 0. The summed E-state index contributed by atoms with van der Waals surface area (Å²) in [6.45, 7) is 4.24. The fourth-order valence-electron chi connectivity index (χ4n) is 2.54. The van der Waals surface area contributed by atoms with E-state index < -0.39 is 0 Å². The third kappa shape index (κ3) is 2.83. The van der Waals surface area contributed by atoms with Crippen LogP contribution in [0.1, 0.15) is 31.7 Å². The van der Waals surface area contributed by atoms with Crippen LogP contribution in [0, 0.1) is 0 Å². The summed E-state index contributed by atoms with van der Waals surface area (Å²) >= 11 is 1.67. The Kier molecular flexibility index (Phi) is 4.39. The van der Waals surface area contributed by atoms with E-state index in [9.17, 15) is 4.79 Å². The Hall–Kier alpha value is -1.94. The van der Waals surface area contributed by atoms with Gasteiger partial charge in [0.25, 0.3) is 0 Å². The standard InChI is InChI=1S/C18H18O3S/c1-3-13(18(19)20-4-2)12-9-10-15-17(11-12)22-16-8-6-5-7-14(16)21-15/h5-11,13H,3-4H2,1-2H3. The zero-order valence-electron chi connectivity index (χ0n) is 12.7. The number of carbonyl (C=O) groups is 1. The highest BCUT2D eigenvalue weighted by Gasteiger charge is 2.23. The summed E-state index contributed by atoms with van der Waals surface area (Å²) in [5.74, 6) is 1.34. The molecule has 0 aliphatic carbocycles. The topological polar surface area (TPSA) is 35.5 Å². The van der Waals surface area contributed by atoms with Crippen molar-refractivity contribution in [2.45, 2.75) is 36.0 Å². The molecule has 0 bridgehead atoms. The molecule has 0 amide bonds. The second-order valence-corrected chi connectivity index (χ2v) is 6.15. The van der Waals surface area contributed by atoms with Crippen molar-refractivity contribution in [3.8, 4) is 11.5 Å². The van der Waals surface area contributed by atoms with Gasteiger partial charge in [0, 0.05) is 0 Å². The summed E-state index contributed by atoms with van der Waals surface area (Å²) in [6, 6.07) is 13.9. The van der Waals surface area contributed by atoms with Crippen LogP contribution in [0.2, 0.25) is 0 Å². The molecule has 1 aliphatic heterocycles. The highest BCUT2D eigenvalue weighted by Crippen LogP contribution is 2.47. The minimum absolute atomic E-state index is 0.160. The van der Waals surface area contributed by atoms with Gasteiger partial charge >= 0.3 is 5.97 Å². The second-order valence-electron chi connectivity index (χ2n) is 5.07. The number of benzene rings is 2. The monoisotopic (exact) mass is 314 g/mol. The molecule has 2 aromatic carbocycles. The van der Waals surface area contributed by atoms with Crippen LogP contribution in [-0.2, 0) is 9.53 Å². The van der Waals surface area contributed by atoms with E-state index in [0.29, 0.717) is 6.61 Å². The van der Waals surface area contributed by atoms with Crippen molar-refractivity contribution >= 4 is 17.7 Å². The van der Waals surface area contributed by atoms with Gasteiger partial charge in [-0.15, -0.1) is 0 Å². The lowest BCUT2D eigenvalue weighted by Gasteiger charge is -2.21. The fourth-order valence-corrected chi connectivity index (χ4v) is 3.54. The van der Waals surface area contributed by atoms with Crippen molar-refractivity contribution in [3.05, 3.63) is 48.0 Å². The lowest BCUT2D eigenvalue weighted by atomic mass is 9.96. The number of hydrogen-bond acceptors (Lipinski definition) is 4. The molecular formula is C18H18O3S. The van der Waals surface area contributed by atoms with E-state index in [-0.39, 0.29) is 11.9 Å². The minimum atomic E-state index is -0.219. The maximum Gasteiger partial charge on any atom is 0.313 e. The Labute approximate surface area is 134 Å². The van der Waals surface area contributed by atoms with Crippen LogP contribution in [0.25, 0.3) is 0 Å². The molecule has 1 atom stereocenters. The number of para-hydroxylation sites is 1. The van der Waals surface area contributed by atoms with Gasteiger partial charge in [-0.05, 0) is 43.2 Å². The summed E-state index contributed by atoms with van der Waals surface area (Å²) in [4.78, 5) is 14.2. The average molecular weight is 314 g/mol. The molecule has 0 N–H and O–H groups in total. The van der Waals surface area contributed by atoms with Crippen LogP contribution >= 0.6 is 11.8 Å². The molecule has 0 saturated heterocycles. The first kappa shape index (κ1) is 15.0. The van der Waals surface area contributed by atoms with Gasteiger partial charge < -0.3 is 9.47 Å². The van der Waals surface area contributed by atoms with Gasteiger partial charge in [-0.2, -0.15) is 0 Å². The Morgan fingerprint density at radius 1 is 1.14 bits per heavy atom. The average Bonchev–Trinajstić information content (AvgIpc) is 2.54. The predicted octanol–water partition coefficient (Wildman–Crippen LogP) is 5.00. The first-order valence-corrected chi connectivity index (χ1v) is 8.30. The van der Waals surface area contributed by atoms with E-state index in [1.165, 1.54) is 0 Å². The first-order valence-electron chi connectivity index (χ1n) is 7.48. The van der Waals surface area contributed by atoms with E-state index >= 15 is 0 Å².